The Bertz CT molecular complexity index is 294. The van der Waals surface area contributed by atoms with E-state index in [1.807, 2.05) is 0 Å². The number of carbonyl (C=O) groups excluding carboxylic acids is 1. The number of carbonyl (C=O) groups is 1. The molecule has 1 saturated heterocycles. The van der Waals surface area contributed by atoms with E-state index in [-0.39, 0.29) is 36.1 Å². The molecule has 0 aromatic carbocycles. The Morgan fingerprint density at radius 2 is 2.06 bits per heavy atom. The molecule has 1 heterocycles. The smallest absolute Gasteiger partial charge is 0.223 e. The molecule has 1 amide bonds. The van der Waals surface area contributed by atoms with Crippen LogP contribution in [0, 0.1) is 5.92 Å². The Kier molecular flexibility index (Phi) is 3.46. The molecular weight excluding hydrogens is 216 g/mol. The molecule has 0 spiro atoms. The second-order valence-electron chi connectivity index (χ2n) is 6.38. The fourth-order valence-electron chi connectivity index (χ4n) is 2.68. The molecule has 2 atom stereocenters. The Balaban J connectivity index is 1.92. The van der Waals surface area contributed by atoms with Crippen LogP contribution in [0.25, 0.3) is 0 Å². The Morgan fingerprint density at radius 3 is 2.47 bits per heavy atom. The summed E-state index contributed by atoms with van der Waals surface area (Å²) >= 11 is 0. The van der Waals surface area contributed by atoms with E-state index in [9.17, 15) is 9.90 Å². The highest BCUT2D eigenvalue weighted by atomic mass is 16.3. The molecule has 4 heteroatoms. The van der Waals surface area contributed by atoms with Gasteiger partial charge < -0.3 is 10.4 Å². The van der Waals surface area contributed by atoms with Crippen molar-refractivity contribution in [3.05, 3.63) is 0 Å². The molecule has 2 N–H and O–H groups in total. The molecule has 1 saturated carbocycles. The summed E-state index contributed by atoms with van der Waals surface area (Å²) < 4.78 is 0. The molecule has 1 aliphatic heterocycles. The van der Waals surface area contributed by atoms with Gasteiger partial charge in [0.05, 0.1) is 6.61 Å². The lowest BCUT2D eigenvalue weighted by Crippen LogP contribution is -2.47. The molecule has 98 valence electrons. The highest BCUT2D eigenvalue weighted by Crippen LogP contribution is 2.31. The second-order valence-corrected chi connectivity index (χ2v) is 6.38. The van der Waals surface area contributed by atoms with Gasteiger partial charge in [0.15, 0.2) is 0 Å². The van der Waals surface area contributed by atoms with E-state index >= 15 is 0 Å². The van der Waals surface area contributed by atoms with Gasteiger partial charge in [0.2, 0.25) is 5.91 Å². The van der Waals surface area contributed by atoms with Gasteiger partial charge in [0.25, 0.3) is 0 Å². The van der Waals surface area contributed by atoms with E-state index < -0.39 is 0 Å². The van der Waals surface area contributed by atoms with Crippen LogP contribution in [0.2, 0.25) is 0 Å². The van der Waals surface area contributed by atoms with E-state index in [2.05, 4.69) is 31.0 Å². The topological polar surface area (TPSA) is 52.6 Å². The molecule has 0 aromatic rings. The number of amides is 1. The van der Waals surface area contributed by atoms with Crippen molar-refractivity contribution in [3.8, 4) is 0 Å². The lowest BCUT2D eigenvalue weighted by Gasteiger charge is -2.36. The molecule has 0 aromatic heterocycles. The number of hydrogen-bond acceptors (Lipinski definition) is 3. The molecule has 1 aliphatic carbocycles. The third kappa shape index (κ3) is 2.99. The van der Waals surface area contributed by atoms with Crippen LogP contribution in [0.1, 0.15) is 40.0 Å². The summed E-state index contributed by atoms with van der Waals surface area (Å²) in [4.78, 5) is 14.0. The summed E-state index contributed by atoms with van der Waals surface area (Å²) in [6.45, 7) is 7.49. The number of nitrogens with one attached hydrogen (secondary N) is 1. The minimum Gasteiger partial charge on any atom is -0.395 e. The first-order chi connectivity index (χ1) is 7.91. The first-order valence-corrected chi connectivity index (χ1v) is 6.60. The maximum atomic E-state index is 11.7. The predicted molar refractivity (Wildman–Crippen MR) is 66.6 cm³/mol. The fourth-order valence-corrected chi connectivity index (χ4v) is 2.68. The largest absolute Gasteiger partial charge is 0.395 e. The van der Waals surface area contributed by atoms with Crippen molar-refractivity contribution in [3.63, 3.8) is 0 Å². The van der Waals surface area contributed by atoms with Crippen molar-refractivity contribution in [2.45, 2.75) is 57.7 Å². The summed E-state index contributed by atoms with van der Waals surface area (Å²) in [7, 11) is 0. The number of rotatable bonds is 3. The monoisotopic (exact) mass is 240 g/mol. The van der Waals surface area contributed by atoms with Gasteiger partial charge in [-0.15, -0.1) is 0 Å². The van der Waals surface area contributed by atoms with Gasteiger partial charge >= 0.3 is 0 Å². The standard InChI is InChI=1S/C13H24N2O2/c1-13(2,3)15-7-10(6-11(15)8-16)14-12(17)9-4-5-9/h9-11,16H,4-8H2,1-3H3,(H,14,17). The van der Waals surface area contributed by atoms with Gasteiger partial charge in [-0.1, -0.05) is 0 Å². The van der Waals surface area contributed by atoms with Crippen LogP contribution in [-0.4, -0.2) is 46.7 Å². The van der Waals surface area contributed by atoms with Crippen molar-refractivity contribution in [2.75, 3.05) is 13.2 Å². The molecule has 0 bridgehead atoms. The van der Waals surface area contributed by atoms with Crippen LogP contribution in [-0.2, 0) is 4.79 Å². The summed E-state index contributed by atoms with van der Waals surface area (Å²) in [6.07, 6.45) is 2.96. The first kappa shape index (κ1) is 12.8. The third-order valence-corrected chi connectivity index (χ3v) is 3.78. The summed E-state index contributed by atoms with van der Waals surface area (Å²) in [5, 5.41) is 12.5. The van der Waals surface area contributed by atoms with Crippen LogP contribution < -0.4 is 5.32 Å². The number of hydrogen-bond donors (Lipinski definition) is 2. The van der Waals surface area contributed by atoms with E-state index in [1.54, 1.807) is 0 Å². The van der Waals surface area contributed by atoms with Crippen LogP contribution in [0.15, 0.2) is 0 Å². The zero-order valence-corrected chi connectivity index (χ0v) is 11.1. The molecule has 2 aliphatic rings. The summed E-state index contributed by atoms with van der Waals surface area (Å²) in [6, 6.07) is 0.388. The van der Waals surface area contributed by atoms with Gasteiger partial charge in [0, 0.05) is 30.1 Å². The molecular formula is C13H24N2O2. The SMILES string of the molecule is CC(C)(C)N1CC(NC(=O)C2CC2)CC1CO. The minimum absolute atomic E-state index is 0.0481. The molecule has 2 fully saturated rings. The Hall–Kier alpha value is -0.610. The Labute approximate surface area is 103 Å². The van der Waals surface area contributed by atoms with Crippen LogP contribution in [0.5, 0.6) is 0 Å². The zero-order chi connectivity index (χ0) is 12.6. The van der Waals surface area contributed by atoms with Gasteiger partial charge in [0.1, 0.15) is 0 Å². The van der Waals surface area contributed by atoms with Gasteiger partial charge in [-0.05, 0) is 40.0 Å². The van der Waals surface area contributed by atoms with Crippen molar-refractivity contribution >= 4 is 5.91 Å². The molecule has 4 nitrogen and oxygen atoms in total. The van der Waals surface area contributed by atoms with E-state index in [0.29, 0.717) is 0 Å². The molecule has 0 radical (unpaired) electrons. The van der Waals surface area contributed by atoms with Gasteiger partial charge in [-0.2, -0.15) is 0 Å². The van der Waals surface area contributed by atoms with Crippen LogP contribution >= 0.6 is 0 Å². The number of aliphatic hydroxyl groups is 1. The fraction of sp³-hybridized carbons (Fsp3) is 0.923. The third-order valence-electron chi connectivity index (χ3n) is 3.78. The molecule has 2 rings (SSSR count). The number of aliphatic hydroxyl groups excluding tert-OH is 1. The summed E-state index contributed by atoms with van der Waals surface area (Å²) in [5.41, 5.74) is 0.0481. The normalized spacial score (nSPS) is 30.6. The van der Waals surface area contributed by atoms with E-state index in [1.165, 1.54) is 0 Å². The number of nitrogens with zero attached hydrogens (tertiary/aromatic N) is 1. The minimum atomic E-state index is 0.0481. The van der Waals surface area contributed by atoms with E-state index in [0.717, 1.165) is 25.8 Å². The van der Waals surface area contributed by atoms with Crippen molar-refractivity contribution in [1.29, 1.82) is 0 Å². The zero-order valence-electron chi connectivity index (χ0n) is 11.1. The quantitative estimate of drug-likeness (QED) is 0.765. The molecule has 2 unspecified atom stereocenters. The maximum absolute atomic E-state index is 11.7. The summed E-state index contributed by atoms with van der Waals surface area (Å²) in [5.74, 6) is 0.480. The lowest BCUT2D eigenvalue weighted by molar-refractivity contribution is -0.122. The molecule has 17 heavy (non-hydrogen) atoms. The van der Waals surface area contributed by atoms with Crippen molar-refractivity contribution in [1.82, 2.24) is 10.2 Å². The van der Waals surface area contributed by atoms with Crippen molar-refractivity contribution in [2.24, 2.45) is 5.92 Å². The second kappa shape index (κ2) is 4.58. The predicted octanol–water partition coefficient (Wildman–Crippen LogP) is 0.746. The van der Waals surface area contributed by atoms with Gasteiger partial charge in [-0.3, -0.25) is 9.69 Å². The maximum Gasteiger partial charge on any atom is 0.223 e. The highest BCUT2D eigenvalue weighted by molar-refractivity contribution is 5.81. The van der Waals surface area contributed by atoms with Crippen LogP contribution in [0.3, 0.4) is 0 Å². The lowest BCUT2D eigenvalue weighted by atomic mass is 10.1. The Morgan fingerprint density at radius 1 is 1.41 bits per heavy atom. The first-order valence-electron chi connectivity index (χ1n) is 6.60. The van der Waals surface area contributed by atoms with Crippen LogP contribution in [0.4, 0.5) is 0 Å². The van der Waals surface area contributed by atoms with Crippen molar-refractivity contribution < 1.29 is 9.90 Å². The average Bonchev–Trinajstić information content (AvgIpc) is 2.99. The highest BCUT2D eigenvalue weighted by Gasteiger charge is 2.39. The van der Waals surface area contributed by atoms with Gasteiger partial charge in [-0.25, -0.2) is 0 Å². The number of likely N-dealkylation sites (tertiary alicyclic amines) is 1. The van der Waals surface area contributed by atoms with E-state index in [4.69, 9.17) is 0 Å². The average molecular weight is 240 g/mol.